The van der Waals surface area contributed by atoms with Crippen molar-refractivity contribution in [2.24, 2.45) is 0 Å². The second-order valence-electron chi connectivity index (χ2n) is 21.3. The van der Waals surface area contributed by atoms with Crippen molar-refractivity contribution in [1.29, 1.82) is 0 Å². The zero-order valence-electron chi connectivity index (χ0n) is 50.7. The molecule has 1 aliphatic heterocycles. The number of carboxylic acid groups (broad SMARTS) is 1. The molecule has 0 aromatic carbocycles. The van der Waals surface area contributed by atoms with Crippen LogP contribution < -0.4 is 0 Å². The van der Waals surface area contributed by atoms with Gasteiger partial charge in [-0.3, -0.25) is 14.4 Å². The van der Waals surface area contributed by atoms with Gasteiger partial charge in [-0.2, -0.15) is 0 Å². The summed E-state index contributed by atoms with van der Waals surface area (Å²) < 4.78 is 28.4. The smallest absolute Gasteiger partial charge is 0.335 e. The first-order valence-corrected chi connectivity index (χ1v) is 31.9. The fourth-order valence-corrected chi connectivity index (χ4v) is 8.93. The maximum Gasteiger partial charge on any atom is 0.335 e. The molecule has 1 fully saturated rings. The van der Waals surface area contributed by atoms with Gasteiger partial charge in [0.15, 0.2) is 24.6 Å². The minimum Gasteiger partial charge on any atom is -0.479 e. The number of ether oxygens (including phenoxy) is 5. The first-order valence-electron chi connectivity index (χ1n) is 31.9. The number of carbonyl (C=O) groups is 4. The fraction of sp³-hybridized carbons (Fsp3) is 0.681. The number of carboxylic acids is 1. The molecule has 1 rings (SSSR count). The lowest BCUT2D eigenvalue weighted by atomic mass is 9.98. The molecule has 6 atom stereocenters. The first-order chi connectivity index (χ1) is 39.6. The van der Waals surface area contributed by atoms with Gasteiger partial charge in [0.1, 0.15) is 18.8 Å². The number of aliphatic hydroxyl groups excluding tert-OH is 2. The molecule has 0 amide bonds. The third kappa shape index (κ3) is 45.6. The van der Waals surface area contributed by atoms with Crippen LogP contribution in [0.25, 0.3) is 0 Å². The summed E-state index contributed by atoms with van der Waals surface area (Å²) in [5.74, 6) is -3.23. The van der Waals surface area contributed by atoms with Gasteiger partial charge >= 0.3 is 23.9 Å². The number of allylic oxidation sites excluding steroid dienone is 18. The molecule has 0 spiro atoms. The summed E-state index contributed by atoms with van der Waals surface area (Å²) in [5, 5.41) is 31.6. The van der Waals surface area contributed by atoms with Gasteiger partial charge in [-0.1, -0.05) is 220 Å². The van der Waals surface area contributed by atoms with Gasteiger partial charge in [-0.15, -0.1) is 0 Å². The molecule has 12 heteroatoms. The highest BCUT2D eigenvalue weighted by molar-refractivity contribution is 5.74. The van der Waals surface area contributed by atoms with Crippen LogP contribution in [0.2, 0.25) is 0 Å². The Kier molecular flexibility index (Phi) is 51.3. The summed E-state index contributed by atoms with van der Waals surface area (Å²) in [7, 11) is 0. The molecular weight excluding hydrogens is 1020 g/mol. The van der Waals surface area contributed by atoms with Gasteiger partial charge in [0.2, 0.25) is 0 Å². The van der Waals surface area contributed by atoms with Crippen molar-refractivity contribution < 1.29 is 58.2 Å². The Morgan fingerprint density at radius 2 is 0.790 bits per heavy atom. The Bertz CT molecular complexity index is 1820. The van der Waals surface area contributed by atoms with E-state index in [2.05, 4.69) is 118 Å². The van der Waals surface area contributed by atoms with E-state index in [4.69, 9.17) is 23.7 Å². The highest BCUT2D eigenvalue weighted by atomic mass is 16.7. The summed E-state index contributed by atoms with van der Waals surface area (Å²) >= 11 is 0. The van der Waals surface area contributed by atoms with E-state index in [-0.39, 0.29) is 25.9 Å². The number of aliphatic hydroxyl groups is 2. The number of unbranched alkanes of at least 4 members (excludes halogenated alkanes) is 21. The summed E-state index contributed by atoms with van der Waals surface area (Å²) in [6.07, 6.45) is 63.4. The summed E-state index contributed by atoms with van der Waals surface area (Å²) in [6.45, 7) is 5.78. The van der Waals surface area contributed by atoms with Crippen LogP contribution in [0, 0.1) is 0 Å². The zero-order valence-corrected chi connectivity index (χ0v) is 50.7. The van der Waals surface area contributed by atoms with E-state index in [1.54, 1.807) is 0 Å². The molecule has 460 valence electrons. The number of esters is 3. The zero-order chi connectivity index (χ0) is 58.9. The molecule has 0 saturated carbocycles. The van der Waals surface area contributed by atoms with E-state index < -0.39 is 67.3 Å². The van der Waals surface area contributed by atoms with E-state index in [0.717, 1.165) is 109 Å². The molecule has 0 radical (unpaired) electrons. The maximum atomic E-state index is 13.2. The van der Waals surface area contributed by atoms with E-state index in [0.29, 0.717) is 25.7 Å². The molecule has 12 nitrogen and oxygen atoms in total. The quantitative estimate of drug-likeness (QED) is 0.0228. The third-order valence-corrected chi connectivity index (χ3v) is 13.8. The van der Waals surface area contributed by atoms with Gasteiger partial charge in [-0.05, 0) is 122 Å². The van der Waals surface area contributed by atoms with E-state index >= 15 is 0 Å². The summed E-state index contributed by atoms with van der Waals surface area (Å²) in [4.78, 5) is 51.3. The molecule has 81 heavy (non-hydrogen) atoms. The average Bonchev–Trinajstić information content (AvgIpc) is 3.52. The van der Waals surface area contributed by atoms with Crippen LogP contribution in [0.15, 0.2) is 109 Å². The molecule has 0 bridgehead atoms. The molecule has 1 aliphatic rings. The standard InChI is InChI=1S/C69H112O12/c1-4-7-10-13-16-19-22-25-28-30-31-33-35-37-40-43-46-49-52-55-61(70)77-58-60(79-62(71)56-53-50-47-44-41-39-36-32-29-26-23-20-17-14-11-8-5-2)59-78-69-67(65(74)64(73)66(81-69)68(75)76)80-63(72)57-54-51-48-45-42-38-34-27-24-21-18-15-12-9-6-3/h8,11,16-21,25-29,34,36,39,44,47,60,64-67,69,73-74H,4-7,9-10,12-15,22-24,30-33,35,37-38,40-43,45-46,48-59H2,1-3H3,(H,75,76)/b11-8-,19-16-,20-17-,21-18-,28-25-,29-26-,34-27-,39-36-,47-44-. The van der Waals surface area contributed by atoms with Crippen LogP contribution in [0.1, 0.15) is 252 Å². The highest BCUT2D eigenvalue weighted by Gasteiger charge is 2.50. The molecule has 1 saturated heterocycles. The van der Waals surface area contributed by atoms with Crippen LogP contribution in [-0.4, -0.2) is 89.2 Å². The first kappa shape index (κ1) is 74.4. The number of carbonyl (C=O) groups excluding carboxylic acids is 3. The lowest BCUT2D eigenvalue weighted by molar-refractivity contribution is -0.301. The minimum absolute atomic E-state index is 0.0327. The largest absolute Gasteiger partial charge is 0.479 e. The molecule has 3 N–H and O–H groups in total. The Morgan fingerprint density at radius 3 is 1.22 bits per heavy atom. The lowest BCUT2D eigenvalue weighted by Gasteiger charge is -2.40. The van der Waals surface area contributed by atoms with Crippen LogP contribution >= 0.6 is 0 Å². The highest BCUT2D eigenvalue weighted by Crippen LogP contribution is 2.26. The predicted octanol–water partition coefficient (Wildman–Crippen LogP) is 17.0. The number of rotatable bonds is 53. The normalized spacial score (nSPS) is 18.5. The summed E-state index contributed by atoms with van der Waals surface area (Å²) in [5.41, 5.74) is 0. The van der Waals surface area contributed by atoms with Crippen LogP contribution in [0.3, 0.4) is 0 Å². The van der Waals surface area contributed by atoms with Gasteiger partial charge in [0.05, 0.1) is 6.61 Å². The predicted molar refractivity (Wildman–Crippen MR) is 330 cm³/mol. The van der Waals surface area contributed by atoms with E-state index in [1.165, 1.54) is 77.0 Å². The third-order valence-electron chi connectivity index (χ3n) is 13.8. The summed E-state index contributed by atoms with van der Waals surface area (Å²) in [6, 6.07) is 0. The molecule has 0 aromatic rings. The Morgan fingerprint density at radius 1 is 0.420 bits per heavy atom. The second-order valence-corrected chi connectivity index (χ2v) is 21.3. The number of hydrogen-bond donors (Lipinski definition) is 3. The van der Waals surface area contributed by atoms with Crippen LogP contribution in [-0.2, 0) is 42.9 Å². The van der Waals surface area contributed by atoms with Crippen LogP contribution in [0.4, 0.5) is 0 Å². The van der Waals surface area contributed by atoms with Gasteiger partial charge in [0, 0.05) is 19.3 Å². The van der Waals surface area contributed by atoms with Crippen LogP contribution in [0.5, 0.6) is 0 Å². The minimum atomic E-state index is -1.92. The van der Waals surface area contributed by atoms with Crippen molar-refractivity contribution in [1.82, 2.24) is 0 Å². The Hall–Kier alpha value is -4.62. The lowest BCUT2D eigenvalue weighted by Crippen LogP contribution is -2.61. The van der Waals surface area contributed by atoms with Gasteiger partial charge in [-0.25, -0.2) is 4.79 Å². The molecule has 1 heterocycles. The monoisotopic (exact) mass is 1130 g/mol. The molecule has 0 aromatic heterocycles. The van der Waals surface area contributed by atoms with E-state index in [9.17, 15) is 34.5 Å². The van der Waals surface area contributed by atoms with Crippen molar-refractivity contribution >= 4 is 23.9 Å². The second kappa shape index (κ2) is 55.9. The Balaban J connectivity index is 2.72. The van der Waals surface area contributed by atoms with Gasteiger partial charge < -0.3 is 39.0 Å². The maximum absolute atomic E-state index is 13.2. The van der Waals surface area contributed by atoms with Gasteiger partial charge in [0.25, 0.3) is 0 Å². The number of hydrogen-bond acceptors (Lipinski definition) is 11. The average molecular weight is 1130 g/mol. The van der Waals surface area contributed by atoms with Crippen molar-refractivity contribution in [3.05, 3.63) is 109 Å². The molecule has 0 aliphatic carbocycles. The topological polar surface area (TPSA) is 175 Å². The SMILES string of the molecule is CC/C=C\C/C=C\C/C=C\C/C=C\C/C=C\CCCC(=O)OC(COC(=O)CCCCCCCCCCC/C=C\C/C=C\CCCCC)COC1OC(C(=O)O)C(O)C(O)C1OC(=O)CCCCCCC/C=C\C/C=C\CCCCC. The Labute approximate surface area is 491 Å². The van der Waals surface area contributed by atoms with E-state index in [1.807, 2.05) is 12.2 Å². The fourth-order valence-electron chi connectivity index (χ4n) is 8.93. The molecular formula is C69H112O12. The van der Waals surface area contributed by atoms with Crippen molar-refractivity contribution in [2.75, 3.05) is 13.2 Å². The van der Waals surface area contributed by atoms with Crippen molar-refractivity contribution in [2.45, 2.75) is 289 Å². The number of aliphatic carboxylic acids is 1. The molecule has 6 unspecified atom stereocenters. The van der Waals surface area contributed by atoms with Crippen molar-refractivity contribution in [3.8, 4) is 0 Å². The van der Waals surface area contributed by atoms with Crippen molar-refractivity contribution in [3.63, 3.8) is 0 Å².